The highest BCUT2D eigenvalue weighted by molar-refractivity contribution is 7.48. The van der Waals surface area contributed by atoms with E-state index in [0.29, 0.717) is 0 Å². The fourth-order valence-corrected chi connectivity index (χ4v) is 2.51. The average molecular weight is 227 g/mol. The second-order valence-corrected chi connectivity index (χ2v) is 4.68. The van der Waals surface area contributed by atoms with Crippen LogP contribution < -0.4 is 0 Å². The predicted octanol–water partition coefficient (Wildman–Crippen LogP) is 1.92. The van der Waals surface area contributed by atoms with Crippen LogP contribution in [-0.2, 0) is 22.5 Å². The predicted molar refractivity (Wildman–Crippen MR) is 35.7 cm³/mol. The molecule has 0 radical (unpaired) electrons. The van der Waals surface area contributed by atoms with Crippen LogP contribution in [-0.4, -0.2) is 4.71 Å². The Bertz CT molecular complexity index is 172. The molecule has 1 aliphatic heterocycles. The van der Waals surface area contributed by atoms with Gasteiger partial charge in [-0.2, -0.15) is 0 Å². The van der Waals surface area contributed by atoms with Gasteiger partial charge in [0.05, 0.1) is 0 Å². The third-order valence-electron chi connectivity index (χ3n) is 0.571. The van der Waals surface area contributed by atoms with E-state index in [2.05, 4.69) is 13.4 Å². The molecule has 0 aliphatic carbocycles. The van der Waals surface area contributed by atoms with E-state index in [1.54, 1.807) is 0 Å². The van der Waals surface area contributed by atoms with Crippen molar-refractivity contribution in [3.8, 4) is 0 Å². The van der Waals surface area contributed by atoms with Gasteiger partial charge >= 0.3 is 21.2 Å². The van der Waals surface area contributed by atoms with Gasteiger partial charge in [0.2, 0.25) is 0 Å². The van der Waals surface area contributed by atoms with Gasteiger partial charge in [0, 0.05) is 0 Å². The quantitative estimate of drug-likeness (QED) is 0.467. The Morgan fingerprint density at radius 3 is 1.80 bits per heavy atom. The summed E-state index contributed by atoms with van der Waals surface area (Å²) < 4.78 is 31.2. The van der Waals surface area contributed by atoms with Crippen LogP contribution in [0.1, 0.15) is 0 Å². The Balaban J connectivity index is 2.68. The summed E-state index contributed by atoms with van der Waals surface area (Å²) >= 11 is 10.3. The summed E-state index contributed by atoms with van der Waals surface area (Å²) in [6.07, 6.45) is 0. The van der Waals surface area contributed by atoms with Crippen molar-refractivity contribution in [1.29, 1.82) is 0 Å². The second kappa shape index (κ2) is 3.11. The molecule has 0 N–H and O–H groups in total. The highest BCUT2D eigenvalue weighted by atomic mass is 35.5. The molecule has 9 heteroatoms. The molecule has 1 saturated heterocycles. The zero-order valence-electron chi connectivity index (χ0n) is 4.30. The highest BCUT2D eigenvalue weighted by Gasteiger charge is 2.37. The fraction of sp³-hybridized carbons (Fsp3) is 1.00. The van der Waals surface area contributed by atoms with Crippen LogP contribution in [0.25, 0.3) is 0 Å². The molecule has 1 fully saturated rings. The van der Waals surface area contributed by atoms with E-state index in [1.165, 1.54) is 0 Å². The smallest absolute Gasteiger partial charge is 0.263 e. The summed E-state index contributed by atoms with van der Waals surface area (Å²) in [6, 6.07) is 0. The van der Waals surface area contributed by atoms with Gasteiger partial charge < -0.3 is 0 Å². The Hall–Kier alpha value is 0.920. The lowest BCUT2D eigenvalue weighted by Gasteiger charge is -2.22. The summed E-state index contributed by atoms with van der Waals surface area (Å²) in [5.41, 5.74) is 0. The summed E-state index contributed by atoms with van der Waals surface area (Å²) in [6.45, 7) is 0. The maximum Gasteiger partial charge on any atom is 0.345 e. The first-order valence-corrected chi connectivity index (χ1v) is 5.22. The van der Waals surface area contributed by atoms with Gasteiger partial charge in [-0.3, -0.25) is 9.13 Å². The van der Waals surface area contributed by atoms with Crippen molar-refractivity contribution >= 4 is 39.7 Å². The van der Waals surface area contributed by atoms with E-state index >= 15 is 0 Å². The lowest BCUT2D eigenvalue weighted by molar-refractivity contribution is 0.0132. The van der Waals surface area contributed by atoms with Crippen LogP contribution in [0.5, 0.6) is 0 Å². The van der Waals surface area contributed by atoms with Crippen molar-refractivity contribution < 1.29 is 22.5 Å². The Labute approximate surface area is 67.4 Å². The third kappa shape index (κ3) is 2.51. The van der Waals surface area contributed by atoms with Crippen LogP contribution in [0.15, 0.2) is 0 Å². The summed E-state index contributed by atoms with van der Waals surface area (Å²) in [5.74, 6) is 0. The molecule has 0 bridgehead atoms. The third-order valence-corrected chi connectivity index (χ3v) is 3.64. The van der Waals surface area contributed by atoms with Crippen molar-refractivity contribution in [2.75, 3.05) is 0 Å². The van der Waals surface area contributed by atoms with E-state index in [-0.39, 0.29) is 0 Å². The van der Waals surface area contributed by atoms with Crippen LogP contribution in [0.4, 0.5) is 0 Å². The van der Waals surface area contributed by atoms with Crippen molar-refractivity contribution in [3.63, 3.8) is 0 Å². The van der Waals surface area contributed by atoms with Gasteiger partial charge in [-0.25, -0.2) is 13.4 Å². The van der Waals surface area contributed by atoms with Gasteiger partial charge in [0.25, 0.3) is 0 Å². The van der Waals surface area contributed by atoms with E-state index < -0.39 is 21.2 Å². The minimum Gasteiger partial charge on any atom is -0.263 e. The topological polar surface area (TPSA) is 61.8 Å². The molecule has 10 heavy (non-hydrogen) atoms. The maximum absolute atomic E-state index is 10.4. The number of alkyl halides is 2. The van der Waals surface area contributed by atoms with Gasteiger partial charge in [0.15, 0.2) is 0 Å². The zero-order chi connectivity index (χ0) is 7.78. The van der Waals surface area contributed by atoms with Crippen molar-refractivity contribution in [2.45, 2.75) is 4.71 Å². The molecule has 0 aromatic heterocycles. The number of halogens is 2. The first-order chi connectivity index (χ1) is 4.49. The summed E-state index contributed by atoms with van der Waals surface area (Å²) in [7, 11) is -5.71. The summed E-state index contributed by atoms with van der Waals surface area (Å²) in [4.78, 5) is 0. The van der Waals surface area contributed by atoms with E-state index in [0.717, 1.165) is 0 Å². The standard InChI is InChI=1S/CH2Cl2O5P2/c2-1(3)6-9(4)8-10(5)7-1/h9-10H. The Morgan fingerprint density at radius 1 is 1.10 bits per heavy atom. The Morgan fingerprint density at radius 2 is 1.50 bits per heavy atom. The molecule has 5 nitrogen and oxygen atoms in total. The van der Waals surface area contributed by atoms with E-state index in [9.17, 15) is 9.13 Å². The van der Waals surface area contributed by atoms with Crippen LogP contribution in [0, 0.1) is 0 Å². The van der Waals surface area contributed by atoms with Gasteiger partial charge in [-0.15, -0.1) is 0 Å². The lowest BCUT2D eigenvalue weighted by atomic mass is 11.5. The van der Waals surface area contributed by atoms with E-state index in [1.807, 2.05) is 0 Å². The molecule has 0 spiro atoms. The van der Waals surface area contributed by atoms with Gasteiger partial charge in [0.1, 0.15) is 0 Å². The largest absolute Gasteiger partial charge is 0.345 e. The van der Waals surface area contributed by atoms with Crippen LogP contribution >= 0.6 is 39.7 Å². The first kappa shape index (κ1) is 9.01. The molecule has 2 unspecified atom stereocenters. The summed E-state index contributed by atoms with van der Waals surface area (Å²) in [5, 5.41) is 0. The zero-order valence-corrected chi connectivity index (χ0v) is 7.81. The highest BCUT2D eigenvalue weighted by Crippen LogP contribution is 2.54. The minimum absolute atomic E-state index is 2.09. The SMILES string of the molecule is O=[PH]1O[PH](=O)OC(Cl)(Cl)O1. The molecule has 0 saturated carbocycles. The molecule has 0 aromatic rings. The molecular weight excluding hydrogens is 225 g/mol. The van der Waals surface area contributed by atoms with Crippen molar-refractivity contribution in [2.24, 2.45) is 0 Å². The van der Waals surface area contributed by atoms with Crippen molar-refractivity contribution in [1.82, 2.24) is 0 Å². The molecule has 2 atom stereocenters. The Kier molecular flexibility index (Phi) is 2.81. The number of hydrogen-bond donors (Lipinski definition) is 0. The molecule has 1 rings (SSSR count). The minimum atomic E-state index is -2.85. The number of rotatable bonds is 0. The molecular formula is CH2Cl2O5P2. The van der Waals surface area contributed by atoms with Crippen LogP contribution in [0.3, 0.4) is 0 Å². The van der Waals surface area contributed by atoms with Gasteiger partial charge in [-0.1, -0.05) is 0 Å². The second-order valence-electron chi connectivity index (χ2n) is 1.27. The normalized spacial score (nSPS) is 39.4. The molecule has 0 amide bonds. The fourth-order valence-electron chi connectivity index (χ4n) is 0.325. The molecule has 1 heterocycles. The maximum atomic E-state index is 10.4. The van der Waals surface area contributed by atoms with Crippen molar-refractivity contribution in [3.05, 3.63) is 0 Å². The number of hydrogen-bond acceptors (Lipinski definition) is 5. The first-order valence-electron chi connectivity index (χ1n) is 2.01. The van der Waals surface area contributed by atoms with E-state index in [4.69, 9.17) is 23.2 Å². The molecule has 60 valence electrons. The average Bonchev–Trinajstić information content (AvgIpc) is 1.54. The van der Waals surface area contributed by atoms with Crippen LogP contribution in [0.2, 0.25) is 0 Å². The van der Waals surface area contributed by atoms with Gasteiger partial charge in [-0.05, 0) is 23.2 Å². The monoisotopic (exact) mass is 226 g/mol. The lowest BCUT2D eigenvalue weighted by Crippen LogP contribution is -2.18. The molecule has 0 aromatic carbocycles. The molecule has 1 aliphatic rings.